The van der Waals surface area contributed by atoms with Crippen molar-refractivity contribution in [2.75, 3.05) is 6.26 Å². The second kappa shape index (κ2) is 8.99. The van der Waals surface area contributed by atoms with Crippen molar-refractivity contribution in [3.8, 4) is 0 Å². The Morgan fingerprint density at radius 1 is 0.966 bits per heavy atom. The molecular weight excluding hydrogens is 429 g/mol. The number of carbonyl (C=O) groups is 1. The van der Waals surface area contributed by atoms with Crippen LogP contribution < -0.4 is 5.32 Å². The maximum absolute atomic E-state index is 13.0. The molecule has 29 heavy (non-hydrogen) atoms. The highest BCUT2D eigenvalue weighted by Gasteiger charge is 2.20. The molecule has 0 aliphatic heterocycles. The van der Waals surface area contributed by atoms with E-state index in [2.05, 4.69) is 5.32 Å². The predicted molar refractivity (Wildman–Crippen MR) is 116 cm³/mol. The molecule has 3 aromatic carbocycles. The molecule has 150 valence electrons. The Morgan fingerprint density at radius 3 is 2.24 bits per heavy atom. The maximum atomic E-state index is 13.0. The number of benzene rings is 3. The number of sulfone groups is 1. The zero-order valence-electron chi connectivity index (χ0n) is 15.6. The number of hydrogen-bond acceptors (Lipinski definition) is 3. The van der Waals surface area contributed by atoms with Gasteiger partial charge in [-0.1, -0.05) is 65.7 Å². The summed E-state index contributed by atoms with van der Waals surface area (Å²) in [5.41, 5.74) is 2.04. The third-order valence-corrected chi connectivity index (χ3v) is 6.16. The van der Waals surface area contributed by atoms with Crippen molar-refractivity contribution >= 4 is 38.9 Å². The summed E-state index contributed by atoms with van der Waals surface area (Å²) in [5, 5.41) is 3.81. The molecule has 3 aromatic rings. The summed E-state index contributed by atoms with van der Waals surface area (Å²) < 4.78 is 23.7. The lowest BCUT2D eigenvalue weighted by Gasteiger charge is -2.20. The number of rotatable bonds is 6. The fourth-order valence-electron chi connectivity index (χ4n) is 2.94. The zero-order chi connectivity index (χ0) is 21.0. The van der Waals surface area contributed by atoms with E-state index in [9.17, 15) is 13.2 Å². The lowest BCUT2D eigenvalue weighted by molar-refractivity contribution is 0.0936. The van der Waals surface area contributed by atoms with Crippen molar-refractivity contribution in [3.63, 3.8) is 0 Å². The second-order valence-corrected chi connectivity index (χ2v) is 9.54. The van der Waals surface area contributed by atoms with Gasteiger partial charge in [0.2, 0.25) is 0 Å². The van der Waals surface area contributed by atoms with Crippen LogP contribution in [-0.4, -0.2) is 20.6 Å². The smallest absolute Gasteiger partial charge is 0.253 e. The number of hydrogen-bond donors (Lipinski definition) is 1. The third-order valence-electron chi connectivity index (χ3n) is 4.47. The monoisotopic (exact) mass is 447 g/mol. The molecule has 0 unspecified atom stereocenters. The predicted octanol–water partition coefficient (Wildman–Crippen LogP) is 5.11. The SMILES string of the molecule is CS(=O)(=O)c1ccc(Cl)c(C(=O)N[C@H](Cc2ccc(Cl)cc2)c2ccccc2)c1. The molecule has 0 aliphatic rings. The van der Waals surface area contributed by atoms with Crippen LogP contribution in [0.3, 0.4) is 0 Å². The van der Waals surface area contributed by atoms with Crippen LogP contribution in [0.15, 0.2) is 77.7 Å². The lowest BCUT2D eigenvalue weighted by Crippen LogP contribution is -2.30. The van der Waals surface area contributed by atoms with E-state index >= 15 is 0 Å². The van der Waals surface area contributed by atoms with E-state index < -0.39 is 15.7 Å². The van der Waals surface area contributed by atoms with Gasteiger partial charge in [-0.25, -0.2) is 8.42 Å². The largest absolute Gasteiger partial charge is 0.345 e. The Balaban J connectivity index is 1.91. The standard InChI is InChI=1S/C22H19Cl2NO3S/c1-29(27,28)18-11-12-20(24)19(14-18)22(26)25-21(16-5-3-2-4-6-16)13-15-7-9-17(23)10-8-15/h2-12,14,21H,13H2,1H3,(H,25,26)/t21-/m1/s1. The van der Waals surface area contributed by atoms with Crippen LogP contribution in [0.2, 0.25) is 10.0 Å². The Labute approximate surface area is 180 Å². The molecule has 0 aliphatic carbocycles. The molecule has 0 radical (unpaired) electrons. The molecule has 7 heteroatoms. The highest BCUT2D eigenvalue weighted by Crippen LogP contribution is 2.24. The summed E-state index contributed by atoms with van der Waals surface area (Å²) in [6.45, 7) is 0. The van der Waals surface area contributed by atoms with Crippen molar-refractivity contribution < 1.29 is 13.2 Å². The number of carbonyl (C=O) groups excluding carboxylic acids is 1. The van der Waals surface area contributed by atoms with Crippen LogP contribution in [0.25, 0.3) is 0 Å². The molecule has 0 heterocycles. The molecule has 0 bridgehead atoms. The Hall–Kier alpha value is -2.34. The molecular formula is C22H19Cl2NO3S. The van der Waals surface area contributed by atoms with E-state index in [1.54, 1.807) is 12.1 Å². The first-order valence-corrected chi connectivity index (χ1v) is 11.5. The fraction of sp³-hybridized carbons (Fsp3) is 0.136. The zero-order valence-corrected chi connectivity index (χ0v) is 17.9. The van der Waals surface area contributed by atoms with Gasteiger partial charge in [0.15, 0.2) is 9.84 Å². The first kappa shape index (κ1) is 21.4. The minimum atomic E-state index is -3.46. The Kier molecular flexibility index (Phi) is 6.63. The van der Waals surface area contributed by atoms with Crippen LogP contribution in [0.4, 0.5) is 0 Å². The molecule has 1 atom stereocenters. The van der Waals surface area contributed by atoms with Crippen LogP contribution in [0.5, 0.6) is 0 Å². The molecule has 0 spiro atoms. The number of amides is 1. The molecule has 0 fully saturated rings. The van der Waals surface area contributed by atoms with Gasteiger partial charge in [-0.2, -0.15) is 0 Å². The quantitative estimate of drug-likeness (QED) is 0.570. The normalized spacial score (nSPS) is 12.4. The topological polar surface area (TPSA) is 63.2 Å². The molecule has 3 rings (SSSR count). The van der Waals surface area contributed by atoms with E-state index in [1.165, 1.54) is 18.2 Å². The van der Waals surface area contributed by atoms with Crippen molar-refractivity contribution in [1.29, 1.82) is 0 Å². The fourth-order valence-corrected chi connectivity index (χ4v) is 3.92. The van der Waals surface area contributed by atoms with Gasteiger partial charge in [0.25, 0.3) is 5.91 Å². The summed E-state index contributed by atoms with van der Waals surface area (Å²) in [6.07, 6.45) is 1.63. The van der Waals surface area contributed by atoms with Gasteiger partial charge >= 0.3 is 0 Å². The van der Waals surface area contributed by atoms with Gasteiger partial charge in [0, 0.05) is 11.3 Å². The van der Waals surface area contributed by atoms with Crippen molar-refractivity contribution in [2.45, 2.75) is 17.4 Å². The number of halogens is 2. The van der Waals surface area contributed by atoms with Gasteiger partial charge in [-0.05, 0) is 47.9 Å². The van der Waals surface area contributed by atoms with E-state index in [1.807, 2.05) is 42.5 Å². The Bertz CT molecular complexity index is 1110. The lowest BCUT2D eigenvalue weighted by atomic mass is 9.98. The highest BCUT2D eigenvalue weighted by molar-refractivity contribution is 7.90. The van der Waals surface area contributed by atoms with E-state index in [0.717, 1.165) is 17.4 Å². The summed E-state index contributed by atoms with van der Waals surface area (Å²) in [6, 6.07) is 20.7. The highest BCUT2D eigenvalue weighted by atomic mass is 35.5. The van der Waals surface area contributed by atoms with E-state index in [-0.39, 0.29) is 21.5 Å². The van der Waals surface area contributed by atoms with Crippen LogP contribution >= 0.6 is 23.2 Å². The minimum Gasteiger partial charge on any atom is -0.345 e. The average Bonchev–Trinajstić information content (AvgIpc) is 2.69. The van der Waals surface area contributed by atoms with Crippen molar-refractivity contribution in [2.24, 2.45) is 0 Å². The number of nitrogens with one attached hydrogen (secondary N) is 1. The molecule has 1 N–H and O–H groups in total. The van der Waals surface area contributed by atoms with Crippen LogP contribution in [0, 0.1) is 0 Å². The summed E-state index contributed by atoms with van der Waals surface area (Å²) in [4.78, 5) is 13.0. The van der Waals surface area contributed by atoms with Gasteiger partial charge in [0.1, 0.15) is 0 Å². The third kappa shape index (κ3) is 5.60. The summed E-state index contributed by atoms with van der Waals surface area (Å²) >= 11 is 12.1. The maximum Gasteiger partial charge on any atom is 0.253 e. The minimum absolute atomic E-state index is 0.0426. The van der Waals surface area contributed by atoms with Gasteiger partial charge in [0.05, 0.1) is 21.5 Å². The summed E-state index contributed by atoms with van der Waals surface area (Å²) in [7, 11) is -3.46. The second-order valence-electron chi connectivity index (χ2n) is 6.68. The molecule has 0 saturated heterocycles. The molecule has 1 amide bonds. The average molecular weight is 448 g/mol. The van der Waals surface area contributed by atoms with Gasteiger partial charge in [-0.3, -0.25) is 4.79 Å². The van der Waals surface area contributed by atoms with Crippen LogP contribution in [-0.2, 0) is 16.3 Å². The molecule has 0 saturated carbocycles. The summed E-state index contributed by atoms with van der Waals surface area (Å²) in [5.74, 6) is -0.441. The van der Waals surface area contributed by atoms with Crippen molar-refractivity contribution in [3.05, 3.63) is 99.5 Å². The van der Waals surface area contributed by atoms with Gasteiger partial charge in [-0.15, -0.1) is 0 Å². The van der Waals surface area contributed by atoms with Gasteiger partial charge < -0.3 is 5.32 Å². The molecule has 0 aromatic heterocycles. The molecule has 4 nitrogen and oxygen atoms in total. The van der Waals surface area contributed by atoms with E-state index in [0.29, 0.717) is 11.4 Å². The van der Waals surface area contributed by atoms with E-state index in [4.69, 9.17) is 23.2 Å². The first-order chi connectivity index (χ1) is 13.7. The first-order valence-electron chi connectivity index (χ1n) is 8.84. The Morgan fingerprint density at radius 2 is 1.62 bits per heavy atom. The van der Waals surface area contributed by atoms with Crippen molar-refractivity contribution in [1.82, 2.24) is 5.32 Å². The van der Waals surface area contributed by atoms with Crippen LogP contribution in [0.1, 0.15) is 27.5 Å².